The first-order valence-electron chi connectivity index (χ1n) is 4.41. The molecule has 0 saturated heterocycles. The van der Waals surface area contributed by atoms with Gasteiger partial charge >= 0.3 is 5.97 Å². The lowest BCUT2D eigenvalue weighted by molar-refractivity contribution is 0.0696. The van der Waals surface area contributed by atoms with Crippen molar-refractivity contribution in [1.82, 2.24) is 0 Å². The summed E-state index contributed by atoms with van der Waals surface area (Å²) in [5, 5.41) is 9.52. The van der Waals surface area contributed by atoms with Crippen LogP contribution in [0.25, 0.3) is 0 Å². The molecule has 1 unspecified atom stereocenters. The smallest absolute Gasteiger partial charge is 0.335 e. The summed E-state index contributed by atoms with van der Waals surface area (Å²) >= 11 is 5.97. The molecule has 1 aromatic rings. The maximum absolute atomic E-state index is 10.9. The van der Waals surface area contributed by atoms with E-state index in [1.54, 1.807) is 12.1 Å². The summed E-state index contributed by atoms with van der Waals surface area (Å²) in [5.41, 5.74) is 7.78. The number of benzene rings is 1. The Kier molecular flexibility index (Phi) is 2.21. The van der Waals surface area contributed by atoms with Crippen LogP contribution in [-0.4, -0.2) is 11.1 Å². The van der Waals surface area contributed by atoms with Crippen LogP contribution in [0.4, 0.5) is 0 Å². The minimum Gasteiger partial charge on any atom is -0.478 e. The zero-order chi connectivity index (χ0) is 10.3. The number of rotatable bonds is 1. The lowest BCUT2D eigenvalue weighted by atomic mass is 10.0. The maximum atomic E-state index is 10.9. The highest BCUT2D eigenvalue weighted by Crippen LogP contribution is 2.36. The fraction of sp³-hybridized carbons (Fsp3) is 0.300. The molecule has 0 spiro atoms. The Morgan fingerprint density at radius 3 is 2.93 bits per heavy atom. The fourth-order valence-electron chi connectivity index (χ4n) is 1.95. The second-order valence-electron chi connectivity index (χ2n) is 3.44. The van der Waals surface area contributed by atoms with Crippen molar-refractivity contribution in [2.24, 2.45) is 5.73 Å². The molecule has 0 radical (unpaired) electrons. The standard InChI is InChI=1S/C10H10ClNO2/c11-7-3-1-6(10(13)14)5-2-4-8(12)9(5)7/h1,3,8H,2,4,12H2,(H,13,14). The molecule has 0 saturated carbocycles. The molecule has 1 aromatic carbocycles. The molecule has 74 valence electrons. The predicted octanol–water partition coefficient (Wildman–Crippen LogP) is 1.98. The van der Waals surface area contributed by atoms with Crippen LogP contribution in [0.15, 0.2) is 12.1 Å². The molecular weight excluding hydrogens is 202 g/mol. The third kappa shape index (κ3) is 1.29. The molecule has 2 rings (SSSR count). The van der Waals surface area contributed by atoms with E-state index in [0.717, 1.165) is 17.5 Å². The summed E-state index contributed by atoms with van der Waals surface area (Å²) in [5.74, 6) is -0.910. The van der Waals surface area contributed by atoms with Crippen molar-refractivity contribution in [1.29, 1.82) is 0 Å². The second kappa shape index (κ2) is 3.26. The molecule has 1 aliphatic carbocycles. The molecule has 1 atom stereocenters. The van der Waals surface area contributed by atoms with Crippen molar-refractivity contribution < 1.29 is 9.90 Å². The van der Waals surface area contributed by atoms with Crippen LogP contribution in [0.2, 0.25) is 5.02 Å². The van der Waals surface area contributed by atoms with Crippen LogP contribution >= 0.6 is 11.6 Å². The zero-order valence-corrected chi connectivity index (χ0v) is 8.21. The first-order chi connectivity index (χ1) is 6.61. The van der Waals surface area contributed by atoms with E-state index in [4.69, 9.17) is 22.4 Å². The van der Waals surface area contributed by atoms with Gasteiger partial charge in [-0.2, -0.15) is 0 Å². The van der Waals surface area contributed by atoms with Crippen molar-refractivity contribution >= 4 is 17.6 Å². The van der Waals surface area contributed by atoms with Gasteiger partial charge in [-0.25, -0.2) is 4.79 Å². The summed E-state index contributed by atoms with van der Waals surface area (Å²) in [4.78, 5) is 10.9. The lowest BCUT2D eigenvalue weighted by Gasteiger charge is -2.08. The summed E-state index contributed by atoms with van der Waals surface area (Å²) in [6.45, 7) is 0. The minimum absolute atomic E-state index is 0.114. The average molecular weight is 212 g/mol. The Morgan fingerprint density at radius 2 is 2.29 bits per heavy atom. The van der Waals surface area contributed by atoms with Crippen LogP contribution in [0.5, 0.6) is 0 Å². The molecule has 3 nitrogen and oxygen atoms in total. The summed E-state index contributed by atoms with van der Waals surface area (Å²) < 4.78 is 0. The van der Waals surface area contributed by atoms with Crippen LogP contribution in [0.1, 0.15) is 33.9 Å². The highest BCUT2D eigenvalue weighted by Gasteiger charge is 2.26. The average Bonchev–Trinajstić information content (AvgIpc) is 2.49. The molecule has 0 fully saturated rings. The Hall–Kier alpha value is -1.06. The van der Waals surface area contributed by atoms with Crippen molar-refractivity contribution in [2.45, 2.75) is 18.9 Å². The molecule has 4 heteroatoms. The van der Waals surface area contributed by atoms with E-state index >= 15 is 0 Å². The molecule has 1 aliphatic rings. The number of aromatic carboxylic acids is 1. The van der Waals surface area contributed by atoms with Gasteiger partial charge in [0.1, 0.15) is 0 Å². The highest BCUT2D eigenvalue weighted by molar-refractivity contribution is 6.31. The summed E-state index contributed by atoms with van der Waals surface area (Å²) in [7, 11) is 0. The number of carbonyl (C=O) groups is 1. The molecule has 3 N–H and O–H groups in total. The van der Waals surface area contributed by atoms with Gasteiger partial charge in [0, 0.05) is 11.1 Å². The molecule has 0 amide bonds. The minimum atomic E-state index is -0.910. The van der Waals surface area contributed by atoms with Crippen molar-refractivity contribution in [3.05, 3.63) is 33.8 Å². The molecule has 0 aromatic heterocycles. The predicted molar refractivity (Wildman–Crippen MR) is 53.7 cm³/mol. The van der Waals surface area contributed by atoms with Gasteiger partial charge in [0.15, 0.2) is 0 Å². The quantitative estimate of drug-likeness (QED) is 0.747. The second-order valence-corrected chi connectivity index (χ2v) is 3.84. The van der Waals surface area contributed by atoms with E-state index in [2.05, 4.69) is 0 Å². The zero-order valence-electron chi connectivity index (χ0n) is 7.46. The molecule has 0 heterocycles. The lowest BCUT2D eigenvalue weighted by Crippen LogP contribution is -2.07. The molecular formula is C10H10ClNO2. The Bertz CT molecular complexity index is 403. The van der Waals surface area contributed by atoms with Gasteiger partial charge in [-0.15, -0.1) is 0 Å². The number of fused-ring (bicyclic) bond motifs is 1. The number of carboxylic acids is 1. The molecule has 0 aliphatic heterocycles. The first kappa shape index (κ1) is 9.49. The Balaban J connectivity index is 2.64. The van der Waals surface area contributed by atoms with Gasteiger partial charge < -0.3 is 10.8 Å². The maximum Gasteiger partial charge on any atom is 0.335 e. The van der Waals surface area contributed by atoms with Gasteiger partial charge in [-0.1, -0.05) is 11.6 Å². The molecule has 14 heavy (non-hydrogen) atoms. The van der Waals surface area contributed by atoms with E-state index in [1.807, 2.05) is 0 Å². The third-order valence-corrected chi connectivity index (χ3v) is 2.94. The number of carboxylic acid groups (broad SMARTS) is 1. The van der Waals surface area contributed by atoms with Crippen LogP contribution in [0, 0.1) is 0 Å². The number of hydrogen-bond acceptors (Lipinski definition) is 2. The van der Waals surface area contributed by atoms with E-state index in [-0.39, 0.29) is 6.04 Å². The SMILES string of the molecule is NC1CCc2c(C(=O)O)ccc(Cl)c21. The van der Waals surface area contributed by atoms with Crippen LogP contribution < -0.4 is 5.73 Å². The molecule has 0 bridgehead atoms. The normalized spacial score (nSPS) is 19.4. The van der Waals surface area contributed by atoms with Crippen LogP contribution in [-0.2, 0) is 6.42 Å². The van der Waals surface area contributed by atoms with Crippen molar-refractivity contribution in [2.75, 3.05) is 0 Å². The van der Waals surface area contributed by atoms with Crippen molar-refractivity contribution in [3.63, 3.8) is 0 Å². The monoisotopic (exact) mass is 211 g/mol. The van der Waals surface area contributed by atoms with E-state index in [0.29, 0.717) is 17.0 Å². The fourth-order valence-corrected chi connectivity index (χ4v) is 2.27. The van der Waals surface area contributed by atoms with Crippen molar-refractivity contribution in [3.8, 4) is 0 Å². The summed E-state index contributed by atoms with van der Waals surface area (Å²) in [6.07, 6.45) is 1.48. The van der Waals surface area contributed by atoms with Gasteiger partial charge in [-0.05, 0) is 36.1 Å². The van der Waals surface area contributed by atoms with E-state index in [1.165, 1.54) is 0 Å². The Morgan fingerprint density at radius 1 is 1.57 bits per heavy atom. The van der Waals surface area contributed by atoms with E-state index in [9.17, 15) is 4.79 Å². The number of nitrogens with two attached hydrogens (primary N) is 1. The third-order valence-electron chi connectivity index (χ3n) is 2.61. The van der Waals surface area contributed by atoms with Gasteiger partial charge in [0.25, 0.3) is 0 Å². The van der Waals surface area contributed by atoms with Gasteiger partial charge in [0.2, 0.25) is 0 Å². The van der Waals surface area contributed by atoms with Gasteiger partial charge in [-0.3, -0.25) is 0 Å². The summed E-state index contributed by atoms with van der Waals surface area (Å²) in [6, 6.07) is 3.04. The van der Waals surface area contributed by atoms with Crippen LogP contribution in [0.3, 0.4) is 0 Å². The topological polar surface area (TPSA) is 63.3 Å². The number of hydrogen-bond donors (Lipinski definition) is 2. The van der Waals surface area contributed by atoms with Gasteiger partial charge in [0.05, 0.1) is 5.56 Å². The highest BCUT2D eigenvalue weighted by atomic mass is 35.5. The largest absolute Gasteiger partial charge is 0.478 e. The Labute approximate surface area is 86.5 Å². The first-order valence-corrected chi connectivity index (χ1v) is 4.79. The number of halogens is 1. The van der Waals surface area contributed by atoms with E-state index < -0.39 is 5.97 Å².